The van der Waals surface area contributed by atoms with Crippen molar-refractivity contribution in [1.29, 1.82) is 0 Å². The van der Waals surface area contributed by atoms with Gasteiger partial charge in [-0.25, -0.2) is 9.13 Å². The quantitative estimate of drug-likeness (QED) is 0.0222. The predicted octanol–water partition coefficient (Wildman–Crippen LogP) is 24.9. The fourth-order valence-corrected chi connectivity index (χ4v) is 14.4. The van der Waals surface area contributed by atoms with Gasteiger partial charge in [-0.1, -0.05) is 382 Å². The van der Waals surface area contributed by atoms with Gasteiger partial charge in [0.15, 0.2) is 12.2 Å². The lowest BCUT2D eigenvalue weighted by molar-refractivity contribution is -0.161. The lowest BCUT2D eigenvalue weighted by Gasteiger charge is -2.21. The van der Waals surface area contributed by atoms with Crippen LogP contribution in [0.15, 0.2) is 0 Å². The van der Waals surface area contributed by atoms with Gasteiger partial charge in [-0.2, -0.15) is 0 Å². The van der Waals surface area contributed by atoms with E-state index in [1.54, 1.807) is 0 Å². The minimum atomic E-state index is -4.96. The van der Waals surface area contributed by atoms with Crippen molar-refractivity contribution in [3.8, 4) is 0 Å². The number of phosphoric acid groups is 2. The smallest absolute Gasteiger partial charge is 0.462 e. The number of esters is 4. The van der Waals surface area contributed by atoms with Crippen molar-refractivity contribution >= 4 is 39.5 Å². The van der Waals surface area contributed by atoms with Gasteiger partial charge in [0, 0.05) is 25.7 Å². The normalized spacial score (nSPS) is 13.9. The van der Waals surface area contributed by atoms with Crippen LogP contribution in [-0.4, -0.2) is 96.7 Å². The van der Waals surface area contributed by atoms with Crippen LogP contribution in [0, 0.1) is 17.8 Å². The molecule has 0 aromatic carbocycles. The van der Waals surface area contributed by atoms with E-state index in [0.29, 0.717) is 31.6 Å². The Bertz CT molecular complexity index is 1970. The van der Waals surface area contributed by atoms with Gasteiger partial charge in [-0.05, 0) is 43.4 Å². The number of aliphatic hydroxyl groups is 1. The predicted molar refractivity (Wildman–Crippen MR) is 418 cm³/mol. The molecular formula is C83H162O17P2. The molecule has 0 saturated carbocycles. The molecule has 17 nitrogen and oxygen atoms in total. The van der Waals surface area contributed by atoms with Crippen molar-refractivity contribution in [2.24, 2.45) is 17.8 Å². The van der Waals surface area contributed by atoms with Gasteiger partial charge in [-0.15, -0.1) is 0 Å². The molecule has 0 amide bonds. The summed E-state index contributed by atoms with van der Waals surface area (Å²) in [5.74, 6) is 0.131. The summed E-state index contributed by atoms with van der Waals surface area (Å²) < 4.78 is 68.7. The minimum absolute atomic E-state index is 0.105. The summed E-state index contributed by atoms with van der Waals surface area (Å²) >= 11 is 0. The maximum Gasteiger partial charge on any atom is 0.472 e. The topological polar surface area (TPSA) is 237 Å². The van der Waals surface area contributed by atoms with Gasteiger partial charge in [0.2, 0.25) is 0 Å². The Morgan fingerprint density at radius 2 is 0.451 bits per heavy atom. The van der Waals surface area contributed by atoms with E-state index in [2.05, 4.69) is 48.5 Å². The Balaban J connectivity index is 5.20. The fraction of sp³-hybridized carbons (Fsp3) is 0.952. The molecule has 102 heavy (non-hydrogen) atoms. The second-order valence-electron chi connectivity index (χ2n) is 31.3. The molecule has 2 unspecified atom stereocenters. The molecule has 0 aliphatic heterocycles. The fourth-order valence-electron chi connectivity index (χ4n) is 12.8. The molecule has 5 atom stereocenters. The number of aliphatic hydroxyl groups excluding tert-OH is 1. The third kappa shape index (κ3) is 76.3. The van der Waals surface area contributed by atoms with Crippen LogP contribution in [0.1, 0.15) is 434 Å². The standard InChI is InChI=1S/C83H162O17P2/c1-8-9-10-11-12-13-14-15-16-17-18-19-20-21-22-23-28-33-38-43-52-59-66-82(87)99-78(70-93-80(85)64-57-50-42-37-32-27-25-24-26-30-35-40-47-54-61-74(2)3)72-97-101(89,90)95-68-77(84)69-96-102(91,92)98-73-79(71-94-81(86)65-58-51-46-45-49-56-63-76(6)7)100-83(88)67-60-53-44-39-34-29-31-36-41-48-55-62-75(4)5/h74-79,84H,8-73H2,1-7H3,(H,89,90)(H,91,92)/t77-,78-,79-/m1/s1. The van der Waals surface area contributed by atoms with Crippen LogP contribution in [-0.2, 0) is 65.4 Å². The summed E-state index contributed by atoms with van der Waals surface area (Å²) in [7, 11) is -9.92. The van der Waals surface area contributed by atoms with Gasteiger partial charge in [-0.3, -0.25) is 37.3 Å². The molecule has 0 aromatic rings. The molecular weight excluding hydrogens is 1330 g/mol. The van der Waals surface area contributed by atoms with E-state index < -0.39 is 97.5 Å². The second kappa shape index (κ2) is 73.2. The molecule has 0 aromatic heterocycles. The van der Waals surface area contributed by atoms with Crippen LogP contribution in [0.3, 0.4) is 0 Å². The average molecular weight is 1490 g/mol. The summed E-state index contributed by atoms with van der Waals surface area (Å²) in [4.78, 5) is 73.0. The molecule has 0 spiro atoms. The summed E-state index contributed by atoms with van der Waals surface area (Å²) in [5.41, 5.74) is 0. The van der Waals surface area contributed by atoms with Crippen molar-refractivity contribution in [3.05, 3.63) is 0 Å². The van der Waals surface area contributed by atoms with Crippen molar-refractivity contribution in [1.82, 2.24) is 0 Å². The van der Waals surface area contributed by atoms with E-state index >= 15 is 0 Å². The van der Waals surface area contributed by atoms with Crippen LogP contribution in [0.4, 0.5) is 0 Å². The zero-order valence-electron chi connectivity index (χ0n) is 67.1. The summed E-state index contributed by atoms with van der Waals surface area (Å²) in [6.07, 6.45) is 62.8. The van der Waals surface area contributed by atoms with Gasteiger partial charge in [0.05, 0.1) is 26.4 Å². The molecule has 3 N–H and O–H groups in total. The summed E-state index contributed by atoms with van der Waals surface area (Å²) in [5, 5.41) is 10.6. The average Bonchev–Trinajstić information content (AvgIpc) is 0.913. The molecule has 0 bridgehead atoms. The molecule has 0 radical (unpaired) electrons. The highest BCUT2D eigenvalue weighted by atomic mass is 31.2. The molecule has 0 rings (SSSR count). The van der Waals surface area contributed by atoms with E-state index in [9.17, 15) is 43.2 Å². The minimum Gasteiger partial charge on any atom is -0.462 e. The molecule has 606 valence electrons. The van der Waals surface area contributed by atoms with E-state index in [0.717, 1.165) is 108 Å². The van der Waals surface area contributed by atoms with Crippen LogP contribution in [0.5, 0.6) is 0 Å². The molecule has 19 heteroatoms. The maximum absolute atomic E-state index is 13.1. The van der Waals surface area contributed by atoms with E-state index in [1.165, 1.54) is 238 Å². The van der Waals surface area contributed by atoms with Crippen molar-refractivity contribution < 1.29 is 80.2 Å². The van der Waals surface area contributed by atoms with E-state index in [4.69, 9.17) is 37.0 Å². The Hall–Kier alpha value is -1.94. The third-order valence-corrected chi connectivity index (χ3v) is 21.3. The SMILES string of the molecule is CCCCCCCCCCCCCCCCCCCCCCCCC(=O)O[C@H](COC(=O)CCCCCCCCCCCCCCCCC(C)C)COP(=O)(O)OC[C@@H](O)COP(=O)(O)OC[C@@H](COC(=O)CCCCCCCCC(C)C)OC(=O)CCCCCCCCCCCCCC(C)C. The van der Waals surface area contributed by atoms with Crippen LogP contribution >= 0.6 is 15.6 Å². The largest absolute Gasteiger partial charge is 0.472 e. The second-order valence-corrected chi connectivity index (χ2v) is 34.2. The summed E-state index contributed by atoms with van der Waals surface area (Å²) in [6, 6.07) is 0. The molecule has 0 aliphatic rings. The van der Waals surface area contributed by atoms with E-state index in [-0.39, 0.29) is 25.7 Å². The number of unbranched alkanes of at least 4 members (excludes halogenated alkanes) is 49. The van der Waals surface area contributed by atoms with Gasteiger partial charge >= 0.3 is 39.5 Å². The first-order valence-electron chi connectivity index (χ1n) is 42.8. The highest BCUT2D eigenvalue weighted by molar-refractivity contribution is 7.47. The Kier molecular flexibility index (Phi) is 71.8. The Morgan fingerprint density at radius 3 is 0.667 bits per heavy atom. The molecule has 0 saturated heterocycles. The van der Waals surface area contributed by atoms with Crippen molar-refractivity contribution in [3.63, 3.8) is 0 Å². The molecule has 0 fully saturated rings. The third-order valence-electron chi connectivity index (χ3n) is 19.4. The summed E-state index contributed by atoms with van der Waals surface area (Å²) in [6.45, 7) is 11.9. The van der Waals surface area contributed by atoms with Crippen LogP contribution in [0.25, 0.3) is 0 Å². The highest BCUT2D eigenvalue weighted by Crippen LogP contribution is 2.45. The number of ether oxygens (including phenoxy) is 4. The zero-order valence-corrected chi connectivity index (χ0v) is 68.9. The first kappa shape index (κ1) is 100. The lowest BCUT2D eigenvalue weighted by Crippen LogP contribution is -2.30. The van der Waals surface area contributed by atoms with E-state index in [1.807, 2.05) is 0 Å². The van der Waals surface area contributed by atoms with Gasteiger partial charge in [0.1, 0.15) is 19.3 Å². The lowest BCUT2D eigenvalue weighted by atomic mass is 10.0. The first-order chi connectivity index (χ1) is 49.2. The van der Waals surface area contributed by atoms with Gasteiger partial charge in [0.25, 0.3) is 0 Å². The Labute approximate surface area is 626 Å². The maximum atomic E-state index is 13.1. The Morgan fingerprint density at radius 1 is 0.265 bits per heavy atom. The number of hydrogen-bond acceptors (Lipinski definition) is 15. The van der Waals surface area contributed by atoms with Crippen molar-refractivity contribution in [2.75, 3.05) is 39.6 Å². The highest BCUT2D eigenvalue weighted by Gasteiger charge is 2.30. The van der Waals surface area contributed by atoms with Gasteiger partial charge < -0.3 is 33.8 Å². The monoisotopic (exact) mass is 1490 g/mol. The number of carbonyl (C=O) groups is 4. The number of carbonyl (C=O) groups excluding carboxylic acids is 4. The van der Waals surface area contributed by atoms with Crippen molar-refractivity contribution in [2.45, 2.75) is 452 Å². The first-order valence-corrected chi connectivity index (χ1v) is 45.8. The number of hydrogen-bond donors (Lipinski definition) is 3. The zero-order chi connectivity index (χ0) is 75.1. The van der Waals surface area contributed by atoms with Crippen LogP contribution < -0.4 is 0 Å². The molecule has 0 aliphatic carbocycles. The molecule has 0 heterocycles. The number of rotatable bonds is 81. The number of phosphoric ester groups is 2. The van der Waals surface area contributed by atoms with Crippen LogP contribution in [0.2, 0.25) is 0 Å².